The summed E-state index contributed by atoms with van der Waals surface area (Å²) in [7, 11) is -3.73. The Bertz CT molecular complexity index is 1140. The zero-order chi connectivity index (χ0) is 26.9. The van der Waals surface area contributed by atoms with E-state index in [1.807, 2.05) is 12.1 Å². The molecule has 2 atom stereocenters. The molecule has 10 heteroatoms. The van der Waals surface area contributed by atoms with E-state index in [1.54, 1.807) is 6.07 Å². The van der Waals surface area contributed by atoms with Crippen LogP contribution in [0.15, 0.2) is 24.3 Å². The van der Waals surface area contributed by atoms with Crippen molar-refractivity contribution in [3.63, 3.8) is 0 Å². The molecule has 0 saturated carbocycles. The predicted octanol–water partition coefficient (Wildman–Crippen LogP) is 2.81. The van der Waals surface area contributed by atoms with Crippen LogP contribution in [0.5, 0.6) is 0 Å². The molecular formula is C27H37FN2O6S. The van der Waals surface area contributed by atoms with Crippen molar-refractivity contribution in [1.82, 2.24) is 10.4 Å². The number of aliphatic hydroxyl groups excluding tert-OH is 1. The molecule has 1 amide bonds. The highest BCUT2D eigenvalue weighted by atomic mass is 32.2. The van der Waals surface area contributed by atoms with E-state index in [1.165, 1.54) is 13.0 Å². The second kappa shape index (κ2) is 13.5. The molecule has 0 spiro atoms. The van der Waals surface area contributed by atoms with Crippen LogP contribution in [0.4, 0.5) is 4.39 Å². The maximum absolute atomic E-state index is 14.5. The third-order valence-corrected chi connectivity index (χ3v) is 8.97. The maximum atomic E-state index is 14.5. The molecule has 1 aromatic carbocycles. The smallest absolute Gasteiger partial charge is 0.264 e. The molecule has 204 valence electrons. The number of carbonyl (C=O) groups is 1. The Morgan fingerprint density at radius 3 is 2.81 bits per heavy atom. The van der Waals surface area contributed by atoms with Crippen LogP contribution in [-0.2, 0) is 24.2 Å². The van der Waals surface area contributed by atoms with E-state index in [-0.39, 0.29) is 18.8 Å². The van der Waals surface area contributed by atoms with Gasteiger partial charge in [0.2, 0.25) is 0 Å². The molecular weight excluding hydrogens is 499 g/mol. The van der Waals surface area contributed by atoms with Crippen LogP contribution < -0.4 is 5.48 Å². The van der Waals surface area contributed by atoms with Crippen molar-refractivity contribution in [3.05, 3.63) is 41.2 Å². The monoisotopic (exact) mass is 536 g/mol. The third kappa shape index (κ3) is 8.09. The van der Waals surface area contributed by atoms with Gasteiger partial charge in [-0.3, -0.25) is 9.69 Å². The fourth-order valence-electron chi connectivity index (χ4n) is 4.19. The predicted molar refractivity (Wildman–Crippen MR) is 139 cm³/mol. The molecule has 1 saturated heterocycles. The molecule has 37 heavy (non-hydrogen) atoms. The van der Waals surface area contributed by atoms with Crippen molar-refractivity contribution in [2.24, 2.45) is 0 Å². The molecule has 2 heterocycles. The Morgan fingerprint density at radius 1 is 1.38 bits per heavy atom. The van der Waals surface area contributed by atoms with Gasteiger partial charge in [0.15, 0.2) is 20.9 Å². The first-order valence-corrected chi connectivity index (χ1v) is 14.6. The van der Waals surface area contributed by atoms with Gasteiger partial charge in [-0.2, -0.15) is 0 Å². The summed E-state index contributed by atoms with van der Waals surface area (Å²) in [5, 5.41) is 8.81. The summed E-state index contributed by atoms with van der Waals surface area (Å²) in [6.07, 6.45) is 6.85. The molecule has 0 radical (unpaired) electrons. The standard InChI is InChI=1S/C27H37FN2O6S/c1-27(37(2,33)34,26(32)29-36-25-9-5-7-19-35-25)14-17-30-15-12-21(13-16-30)23-11-10-22(24(28)20-23)8-4-3-6-18-31/h10-12,20,25,31H,3,5-7,9,13-19H2,1-2H3,(H,29,32). The number of nitrogens with one attached hydrogen (secondary N) is 1. The minimum atomic E-state index is -3.73. The number of amides is 1. The summed E-state index contributed by atoms with van der Waals surface area (Å²) < 4.78 is 43.4. The van der Waals surface area contributed by atoms with Crippen molar-refractivity contribution in [2.75, 3.05) is 39.1 Å². The van der Waals surface area contributed by atoms with E-state index >= 15 is 0 Å². The first-order chi connectivity index (χ1) is 17.6. The largest absolute Gasteiger partial charge is 0.396 e. The number of rotatable bonds is 10. The molecule has 1 aromatic rings. The van der Waals surface area contributed by atoms with Crippen LogP contribution in [0.1, 0.15) is 63.0 Å². The number of benzene rings is 1. The highest BCUT2D eigenvalue weighted by molar-refractivity contribution is 7.92. The summed E-state index contributed by atoms with van der Waals surface area (Å²) >= 11 is 0. The average molecular weight is 537 g/mol. The van der Waals surface area contributed by atoms with Crippen molar-refractivity contribution < 1.29 is 32.3 Å². The number of carbonyl (C=O) groups excluding carboxylic acids is 1. The lowest BCUT2D eigenvalue weighted by molar-refractivity contribution is -0.201. The third-order valence-electron chi connectivity index (χ3n) is 6.94. The topological polar surface area (TPSA) is 105 Å². The zero-order valence-electron chi connectivity index (χ0n) is 21.6. The van der Waals surface area contributed by atoms with E-state index in [9.17, 15) is 17.6 Å². The average Bonchev–Trinajstić information content (AvgIpc) is 2.89. The Balaban J connectivity index is 1.57. The Morgan fingerprint density at radius 2 is 2.19 bits per heavy atom. The van der Waals surface area contributed by atoms with Crippen molar-refractivity contribution in [2.45, 2.75) is 62.9 Å². The quantitative estimate of drug-likeness (QED) is 0.269. The lowest BCUT2D eigenvalue weighted by Crippen LogP contribution is -2.52. The zero-order valence-corrected chi connectivity index (χ0v) is 22.4. The van der Waals surface area contributed by atoms with Crippen LogP contribution in [-0.4, -0.2) is 74.5 Å². The summed E-state index contributed by atoms with van der Waals surface area (Å²) in [6, 6.07) is 5.00. The number of sulfone groups is 1. The molecule has 1 fully saturated rings. The number of aliphatic hydroxyl groups is 1. The number of halogens is 1. The van der Waals surface area contributed by atoms with Gasteiger partial charge < -0.3 is 9.84 Å². The molecule has 2 N–H and O–H groups in total. The first kappa shape index (κ1) is 29.3. The van der Waals surface area contributed by atoms with Crippen molar-refractivity contribution in [3.8, 4) is 11.8 Å². The van der Waals surface area contributed by atoms with Crippen LogP contribution in [0.25, 0.3) is 5.57 Å². The molecule has 0 aromatic heterocycles. The van der Waals surface area contributed by atoms with Crippen LogP contribution in [0.3, 0.4) is 0 Å². The summed E-state index contributed by atoms with van der Waals surface area (Å²) in [6.45, 7) is 3.65. The lowest BCUT2D eigenvalue weighted by Gasteiger charge is -2.32. The molecule has 0 bridgehead atoms. The molecule has 0 aliphatic carbocycles. The van der Waals surface area contributed by atoms with Gasteiger partial charge in [0.1, 0.15) is 5.82 Å². The number of nitrogens with zero attached hydrogens (tertiary/aromatic N) is 1. The van der Waals surface area contributed by atoms with Crippen LogP contribution in [0, 0.1) is 17.7 Å². The Kier molecular flexibility index (Phi) is 10.7. The SMILES string of the molecule is CC(CCN1CC=C(c2ccc(C#CCCCO)c(F)c2)CC1)(C(=O)NOC1CCCCO1)S(C)(=O)=O. The fourth-order valence-corrected chi connectivity index (χ4v) is 5.03. The molecule has 8 nitrogen and oxygen atoms in total. The van der Waals surface area contributed by atoms with Crippen molar-refractivity contribution >= 4 is 21.3 Å². The number of ether oxygens (including phenoxy) is 1. The highest BCUT2D eigenvalue weighted by Crippen LogP contribution is 2.27. The van der Waals surface area contributed by atoms with E-state index in [0.717, 1.165) is 30.2 Å². The summed E-state index contributed by atoms with van der Waals surface area (Å²) in [4.78, 5) is 20.3. The van der Waals surface area contributed by atoms with Gasteiger partial charge in [-0.25, -0.2) is 23.1 Å². The number of hydroxylamine groups is 1. The molecule has 2 aliphatic rings. The van der Waals surface area contributed by atoms with Gasteiger partial charge >= 0.3 is 0 Å². The Hall–Kier alpha value is -2.29. The van der Waals surface area contributed by atoms with E-state index in [2.05, 4.69) is 22.2 Å². The van der Waals surface area contributed by atoms with Gasteiger partial charge in [-0.1, -0.05) is 24.0 Å². The number of hydrogen-bond donors (Lipinski definition) is 2. The lowest BCUT2D eigenvalue weighted by atomic mass is 9.97. The second-order valence-electron chi connectivity index (χ2n) is 9.70. The highest BCUT2D eigenvalue weighted by Gasteiger charge is 2.44. The van der Waals surface area contributed by atoms with Gasteiger partial charge in [-0.15, -0.1) is 0 Å². The Labute approximate surface area is 219 Å². The van der Waals surface area contributed by atoms with Gasteiger partial charge in [0.25, 0.3) is 5.91 Å². The first-order valence-electron chi connectivity index (χ1n) is 12.7. The summed E-state index contributed by atoms with van der Waals surface area (Å²) in [5.74, 6) is 4.58. The normalized spacial score (nSPS) is 20.3. The second-order valence-corrected chi connectivity index (χ2v) is 12.1. The molecule has 2 aliphatic heterocycles. The molecule has 2 unspecified atom stereocenters. The number of hydrogen-bond acceptors (Lipinski definition) is 7. The minimum absolute atomic E-state index is 0.0617. The van der Waals surface area contributed by atoms with Crippen LogP contribution >= 0.6 is 0 Å². The molecule has 3 rings (SSSR count). The van der Waals surface area contributed by atoms with E-state index < -0.39 is 26.8 Å². The fraction of sp³-hybridized carbons (Fsp3) is 0.593. The van der Waals surface area contributed by atoms with Gasteiger partial charge in [0.05, 0.1) is 5.56 Å². The van der Waals surface area contributed by atoms with Gasteiger partial charge in [-0.05, 0) is 62.3 Å². The summed E-state index contributed by atoms with van der Waals surface area (Å²) in [5.41, 5.74) is 4.45. The van der Waals surface area contributed by atoms with Gasteiger partial charge in [0, 0.05) is 51.9 Å². The maximum Gasteiger partial charge on any atom is 0.264 e. The van der Waals surface area contributed by atoms with E-state index in [4.69, 9.17) is 14.7 Å². The number of unbranched alkanes of at least 4 members (excludes halogenated alkanes) is 1. The minimum Gasteiger partial charge on any atom is -0.396 e. The van der Waals surface area contributed by atoms with Crippen molar-refractivity contribution in [1.29, 1.82) is 0 Å². The van der Waals surface area contributed by atoms with Crippen LogP contribution in [0.2, 0.25) is 0 Å². The van der Waals surface area contributed by atoms with E-state index in [0.29, 0.717) is 57.5 Å².